The summed E-state index contributed by atoms with van der Waals surface area (Å²) in [6, 6.07) is 68.3. The van der Waals surface area contributed by atoms with Crippen LogP contribution in [0, 0.1) is 0 Å². The Morgan fingerprint density at radius 3 is 1.11 bits per heavy atom. The zero-order valence-corrected chi connectivity index (χ0v) is 55.6. The number of ether oxygens (including phenoxy) is 15. The lowest BCUT2D eigenvalue weighted by atomic mass is 9.93. The summed E-state index contributed by atoms with van der Waals surface area (Å²) in [5.74, 6) is -2.02. The number of carbonyl (C=O) groups excluding carboxylic acids is 4. The van der Waals surface area contributed by atoms with Crippen molar-refractivity contribution in [3.8, 4) is 11.5 Å². The van der Waals surface area contributed by atoms with Gasteiger partial charge in [-0.05, 0) is 69.8 Å². The van der Waals surface area contributed by atoms with Crippen molar-refractivity contribution in [3.05, 3.63) is 275 Å². The fraction of sp³-hybridized carbons (Fsp3) is 0.342. The van der Waals surface area contributed by atoms with Gasteiger partial charge in [0.15, 0.2) is 24.8 Å². The Hall–Kier alpha value is -9.04. The molecule has 0 aromatic heterocycles. The number of aliphatic hydroxyl groups excluding tert-OH is 1. The Balaban J connectivity index is 0.953. The van der Waals surface area contributed by atoms with Crippen molar-refractivity contribution in [1.82, 2.24) is 4.90 Å². The SMILES string of the molecule is COc1ccc(O[C@@H]2O[C@H](COCc3ccccc3)[C@@H](O[C@@H]3O[C@H](CO)[C@@H](O[C@H]4O[C@H](COCc5ccccc5)[C@@H](OCc5ccccc5)[C@H](OCc5ccccc5)[C@@H]4OC(C)=O)[C@H](OCc4ccccc4)[C@@H]3OC(C)=O)[C@H](OCc3ccccc3)[C@H]2N2C(=O)c3ccccc3C2=O)cc1. The van der Waals surface area contributed by atoms with Crippen LogP contribution >= 0.6 is 0 Å². The largest absolute Gasteiger partial charge is 0.497 e. The summed E-state index contributed by atoms with van der Waals surface area (Å²) < 4.78 is 101. The monoisotopic (exact) mass is 1360 g/mol. The van der Waals surface area contributed by atoms with E-state index in [2.05, 4.69) is 0 Å². The van der Waals surface area contributed by atoms with Crippen molar-refractivity contribution in [2.24, 2.45) is 0 Å². The molecule has 522 valence electrons. The maximum atomic E-state index is 15.1. The van der Waals surface area contributed by atoms with Gasteiger partial charge in [0, 0.05) is 13.8 Å². The second kappa shape index (κ2) is 34.8. The van der Waals surface area contributed by atoms with Gasteiger partial charge >= 0.3 is 11.9 Å². The number of rotatable bonds is 31. The molecule has 0 aliphatic carbocycles. The minimum atomic E-state index is -1.73. The number of hydrogen-bond acceptors (Lipinski definition) is 20. The first-order chi connectivity index (χ1) is 49.0. The number of fused-ring (bicyclic) bond motifs is 1. The Kier molecular flexibility index (Phi) is 24.7. The van der Waals surface area contributed by atoms with E-state index in [1.54, 1.807) is 48.5 Å². The molecule has 8 aromatic carbocycles. The van der Waals surface area contributed by atoms with E-state index in [0.717, 1.165) is 27.2 Å². The van der Waals surface area contributed by atoms with E-state index < -0.39 is 122 Å². The molecule has 0 spiro atoms. The van der Waals surface area contributed by atoms with Gasteiger partial charge in [-0.3, -0.25) is 24.1 Å². The van der Waals surface area contributed by atoms with Crippen molar-refractivity contribution >= 4 is 23.8 Å². The van der Waals surface area contributed by atoms with E-state index >= 15 is 9.59 Å². The Morgan fingerprint density at radius 2 is 0.710 bits per heavy atom. The number of hydrogen-bond donors (Lipinski definition) is 1. The number of methoxy groups -OCH3 is 1. The summed E-state index contributed by atoms with van der Waals surface area (Å²) in [4.78, 5) is 59.0. The Labute approximate surface area is 580 Å². The first-order valence-electron chi connectivity index (χ1n) is 33.3. The number of amides is 2. The molecular weight excluding hydrogens is 1280 g/mol. The van der Waals surface area contributed by atoms with E-state index in [9.17, 15) is 14.7 Å². The van der Waals surface area contributed by atoms with Crippen molar-refractivity contribution in [2.45, 2.75) is 146 Å². The fourth-order valence-corrected chi connectivity index (χ4v) is 12.8. The number of aliphatic hydroxyl groups is 1. The number of carbonyl (C=O) groups is 4. The summed E-state index contributed by atoms with van der Waals surface area (Å²) >= 11 is 0. The highest BCUT2D eigenvalue weighted by Crippen LogP contribution is 2.41. The number of esters is 2. The Bertz CT molecular complexity index is 3830. The average Bonchev–Trinajstić information content (AvgIpc) is 1.42. The highest BCUT2D eigenvalue weighted by atomic mass is 16.8. The first-order valence-corrected chi connectivity index (χ1v) is 33.3. The maximum absolute atomic E-state index is 15.1. The van der Waals surface area contributed by atoms with E-state index in [1.807, 2.05) is 182 Å². The first kappa shape index (κ1) is 70.8. The summed E-state index contributed by atoms with van der Waals surface area (Å²) in [5, 5.41) is 11.9. The third-order valence-corrected chi connectivity index (χ3v) is 17.5. The van der Waals surface area contributed by atoms with Crippen LogP contribution in [0.1, 0.15) is 67.9 Å². The molecule has 4 aliphatic rings. The molecule has 0 bridgehead atoms. The number of benzene rings is 8. The van der Waals surface area contributed by atoms with Crippen LogP contribution in [0.4, 0.5) is 0 Å². The van der Waals surface area contributed by atoms with Gasteiger partial charge in [-0.25, -0.2) is 0 Å². The second-order valence-corrected chi connectivity index (χ2v) is 24.5. The van der Waals surface area contributed by atoms with Crippen molar-refractivity contribution < 1.29 is 95.3 Å². The molecule has 0 saturated carbocycles. The molecule has 100 heavy (non-hydrogen) atoms. The zero-order chi connectivity index (χ0) is 69.2. The molecule has 3 fully saturated rings. The minimum Gasteiger partial charge on any atom is -0.497 e. The fourth-order valence-electron chi connectivity index (χ4n) is 12.8. The molecule has 1 N–H and O–H groups in total. The highest BCUT2D eigenvalue weighted by Gasteiger charge is 2.60. The average molecular weight is 1360 g/mol. The lowest BCUT2D eigenvalue weighted by molar-refractivity contribution is -0.383. The molecule has 4 heterocycles. The topological polar surface area (TPSA) is 230 Å². The molecule has 3 saturated heterocycles. The number of imide groups is 1. The molecule has 0 radical (unpaired) electrons. The van der Waals surface area contributed by atoms with Crippen LogP contribution in [-0.4, -0.2) is 153 Å². The second-order valence-electron chi connectivity index (χ2n) is 24.5. The summed E-state index contributed by atoms with van der Waals surface area (Å²) in [5.41, 5.74) is 5.04. The van der Waals surface area contributed by atoms with E-state index in [-0.39, 0.29) is 69.7 Å². The van der Waals surface area contributed by atoms with Crippen molar-refractivity contribution in [1.29, 1.82) is 0 Å². The molecule has 12 rings (SSSR count). The smallest absolute Gasteiger partial charge is 0.303 e. The third kappa shape index (κ3) is 17.9. The van der Waals surface area contributed by atoms with E-state index in [0.29, 0.717) is 16.9 Å². The van der Waals surface area contributed by atoms with Crippen LogP contribution in [0.15, 0.2) is 231 Å². The predicted molar refractivity (Wildman–Crippen MR) is 361 cm³/mol. The van der Waals surface area contributed by atoms with Gasteiger partial charge in [0.05, 0.1) is 77.7 Å². The predicted octanol–water partition coefficient (Wildman–Crippen LogP) is 10.3. The minimum absolute atomic E-state index is 0.0302. The maximum Gasteiger partial charge on any atom is 0.303 e. The van der Waals surface area contributed by atoms with Gasteiger partial charge in [-0.1, -0.05) is 194 Å². The Morgan fingerprint density at radius 1 is 0.380 bits per heavy atom. The quantitative estimate of drug-likeness (QED) is 0.0314. The molecular formula is C79H81NO20. The van der Waals surface area contributed by atoms with Gasteiger partial charge in [-0.15, -0.1) is 0 Å². The van der Waals surface area contributed by atoms with E-state index in [4.69, 9.17) is 71.1 Å². The van der Waals surface area contributed by atoms with Crippen molar-refractivity contribution in [2.75, 3.05) is 26.9 Å². The third-order valence-electron chi connectivity index (χ3n) is 17.5. The molecule has 15 atom stereocenters. The van der Waals surface area contributed by atoms with Crippen LogP contribution in [0.3, 0.4) is 0 Å². The van der Waals surface area contributed by atoms with Gasteiger partial charge in [-0.2, -0.15) is 0 Å². The molecule has 21 heteroatoms. The van der Waals surface area contributed by atoms with Crippen molar-refractivity contribution in [3.63, 3.8) is 0 Å². The molecule has 4 aliphatic heterocycles. The van der Waals surface area contributed by atoms with Gasteiger partial charge in [0.1, 0.15) is 72.5 Å². The normalized spacial score (nSPS) is 25.8. The molecule has 0 unspecified atom stereocenters. The van der Waals surface area contributed by atoms with Gasteiger partial charge in [0.25, 0.3) is 11.8 Å². The van der Waals surface area contributed by atoms with Crippen LogP contribution in [0.2, 0.25) is 0 Å². The molecule has 21 nitrogen and oxygen atoms in total. The summed E-state index contributed by atoms with van der Waals surface area (Å²) in [6.07, 6.45) is -19.4. The summed E-state index contributed by atoms with van der Waals surface area (Å²) in [7, 11) is 1.53. The standard InChI is InChI=1S/C79H81NO20/c1-51(82)93-73-71(91-47-57-32-18-8-19-33-57)67(89-45-55-28-14-6-15-29-55)64(49-87-43-53-24-10-4-11-25-53)98-79(73)99-68-63(42-81)96-78(74(94-52(2)83)72(68)92-48-58-34-20-9-21-35-58)100-69-65(50-88-44-54-26-12-5-13-27-54)97-77(95-60-40-38-59(86-3)39-41-60)66(70(69)90-46-56-30-16-7-17-31-56)80-75(84)61-36-22-23-37-62(61)76(80)85/h4-41,63-74,77-79,81H,42-50H2,1-3H3/t63-,64-,65-,66-,67-,68-,69-,70-,71+,72+,73+,74+,77-,78+,79-/m1/s1. The van der Waals surface area contributed by atoms with Crippen LogP contribution in [0.5, 0.6) is 11.5 Å². The lowest BCUT2D eigenvalue weighted by Gasteiger charge is -2.52. The molecule has 8 aromatic rings. The van der Waals surface area contributed by atoms with E-state index in [1.165, 1.54) is 21.0 Å². The van der Waals surface area contributed by atoms with Gasteiger partial charge in [0.2, 0.25) is 6.29 Å². The number of nitrogens with zero attached hydrogens (tertiary/aromatic N) is 1. The van der Waals surface area contributed by atoms with Crippen LogP contribution in [-0.2, 0) is 111 Å². The zero-order valence-electron chi connectivity index (χ0n) is 55.6. The summed E-state index contributed by atoms with van der Waals surface area (Å²) in [6.45, 7) is 1.53. The van der Waals surface area contributed by atoms with Gasteiger partial charge < -0.3 is 76.2 Å². The van der Waals surface area contributed by atoms with Crippen LogP contribution < -0.4 is 9.47 Å². The molecule has 2 amide bonds. The van der Waals surface area contributed by atoms with Crippen LogP contribution in [0.25, 0.3) is 0 Å². The highest BCUT2D eigenvalue weighted by molar-refractivity contribution is 6.21. The lowest BCUT2D eigenvalue weighted by Crippen LogP contribution is -2.70.